The molecule has 1 fully saturated rings. The lowest BCUT2D eigenvalue weighted by Crippen LogP contribution is -3.13. The molecular formula is C24H46F6N2O4S2. The van der Waals surface area contributed by atoms with Crippen molar-refractivity contribution in [3.8, 4) is 0 Å². The number of hydrogen-bond acceptors (Lipinski definition) is 4. The van der Waals surface area contributed by atoms with E-state index in [2.05, 4.69) is 13.8 Å². The van der Waals surface area contributed by atoms with Crippen molar-refractivity contribution >= 4 is 20.0 Å². The molecule has 0 aliphatic carbocycles. The zero-order valence-corrected chi connectivity index (χ0v) is 24.3. The second kappa shape index (κ2) is 18.7. The van der Waals surface area contributed by atoms with Gasteiger partial charge < -0.3 is 9.03 Å². The van der Waals surface area contributed by atoms with Crippen LogP contribution in [0.15, 0.2) is 0 Å². The van der Waals surface area contributed by atoms with Crippen molar-refractivity contribution in [1.29, 1.82) is 0 Å². The highest BCUT2D eigenvalue weighted by atomic mass is 32.3. The lowest BCUT2D eigenvalue weighted by molar-refractivity contribution is -0.908. The predicted molar refractivity (Wildman–Crippen MR) is 138 cm³/mol. The topological polar surface area (TPSA) is 86.8 Å². The Morgan fingerprint density at radius 2 is 1.05 bits per heavy atom. The number of sulfonamides is 2. The van der Waals surface area contributed by atoms with Crippen LogP contribution < -0.4 is 4.90 Å². The quantitative estimate of drug-likeness (QED) is 0.145. The Hall–Kier alpha value is -0.600. The minimum atomic E-state index is -6.72. The molecule has 0 saturated carbocycles. The molecule has 14 heteroatoms. The standard InChI is InChI=1S/C22H45N.C2F6NO4S2/c1-3-4-5-6-7-8-9-10-11-12-13-14-15-16-19-23-20-17-18-22(2)21-23;3-1(4,5)14(10,11)9-15(12,13)2(6,7)8/h22H,3-21H2,1-2H3;/q;-1/p+1. The molecule has 0 aromatic carbocycles. The van der Waals surface area contributed by atoms with Gasteiger partial charge in [0.1, 0.15) is 0 Å². The normalized spacial score (nSPS) is 19.2. The van der Waals surface area contributed by atoms with Crippen LogP contribution in [0.5, 0.6) is 0 Å². The number of likely N-dealkylation sites (tertiary alicyclic amines) is 1. The Morgan fingerprint density at radius 1 is 0.684 bits per heavy atom. The largest absolute Gasteiger partial charge is 0.480 e. The summed E-state index contributed by atoms with van der Waals surface area (Å²) in [5.41, 5.74) is -12.4. The molecule has 230 valence electrons. The third-order valence-corrected chi connectivity index (χ3v) is 9.27. The van der Waals surface area contributed by atoms with Gasteiger partial charge in [-0.1, -0.05) is 90.9 Å². The van der Waals surface area contributed by atoms with Crippen molar-refractivity contribution in [3.63, 3.8) is 0 Å². The first-order chi connectivity index (χ1) is 17.5. The van der Waals surface area contributed by atoms with Crippen LogP contribution in [0.4, 0.5) is 26.3 Å². The molecule has 2 unspecified atom stereocenters. The second-order valence-electron chi connectivity index (χ2n) is 10.2. The van der Waals surface area contributed by atoms with Crippen LogP contribution in [0.25, 0.3) is 4.13 Å². The summed E-state index contributed by atoms with van der Waals surface area (Å²) in [6.45, 7) is 9.07. The van der Waals surface area contributed by atoms with Gasteiger partial charge >= 0.3 is 11.0 Å². The van der Waals surface area contributed by atoms with Gasteiger partial charge in [0.05, 0.1) is 19.6 Å². The number of nitrogens with zero attached hydrogens (tertiary/aromatic N) is 1. The highest BCUT2D eigenvalue weighted by Gasteiger charge is 2.46. The van der Waals surface area contributed by atoms with Crippen LogP contribution in [0.3, 0.4) is 0 Å². The molecule has 2 atom stereocenters. The average molecular weight is 605 g/mol. The van der Waals surface area contributed by atoms with Crippen LogP contribution >= 0.6 is 0 Å². The fourth-order valence-corrected chi connectivity index (χ4v) is 6.12. The molecule has 0 aromatic heterocycles. The van der Waals surface area contributed by atoms with E-state index in [9.17, 15) is 43.2 Å². The van der Waals surface area contributed by atoms with E-state index in [0.29, 0.717) is 0 Å². The van der Waals surface area contributed by atoms with Crippen LogP contribution in [0.1, 0.15) is 117 Å². The number of halogens is 6. The number of alkyl halides is 6. The van der Waals surface area contributed by atoms with Crippen molar-refractivity contribution < 1.29 is 48.1 Å². The molecular weight excluding hydrogens is 558 g/mol. The highest BCUT2D eigenvalue weighted by Crippen LogP contribution is 2.36. The summed E-state index contributed by atoms with van der Waals surface area (Å²) < 4.78 is 109. The second-order valence-corrected chi connectivity index (χ2v) is 13.6. The Balaban J connectivity index is 0.000000793. The number of quaternary nitrogens is 1. The van der Waals surface area contributed by atoms with E-state index < -0.39 is 31.1 Å². The SMILES string of the molecule is CCCCCCCCCCCCCCCC[NH+]1CCCC(C)C1.O=S(=O)([N-]S(=O)(=O)C(F)(F)F)C(F)(F)F. The van der Waals surface area contributed by atoms with Gasteiger partial charge in [-0.25, -0.2) is 16.8 Å². The van der Waals surface area contributed by atoms with E-state index >= 15 is 0 Å². The van der Waals surface area contributed by atoms with E-state index in [1.54, 1.807) is 0 Å². The Morgan fingerprint density at radius 3 is 1.39 bits per heavy atom. The Labute approximate surface area is 225 Å². The fourth-order valence-electron chi connectivity index (χ4n) is 4.41. The van der Waals surface area contributed by atoms with E-state index in [4.69, 9.17) is 0 Å². The maximum Gasteiger partial charge on any atom is 0.480 e. The van der Waals surface area contributed by atoms with Gasteiger partial charge in [0.25, 0.3) is 0 Å². The Bertz CT molecular complexity index is 777. The number of nitrogens with one attached hydrogen (secondary N) is 1. The number of piperidine rings is 1. The summed E-state index contributed by atoms with van der Waals surface area (Å²) in [5.74, 6) is 0.977. The molecule has 1 N–H and O–H groups in total. The molecule has 1 saturated heterocycles. The lowest BCUT2D eigenvalue weighted by atomic mass is 10.00. The highest BCUT2D eigenvalue weighted by molar-refractivity contribution is 8.13. The monoisotopic (exact) mass is 604 g/mol. The van der Waals surface area contributed by atoms with E-state index in [1.807, 2.05) is 4.90 Å². The first kappa shape index (κ1) is 37.4. The summed E-state index contributed by atoms with van der Waals surface area (Å²) in [6.07, 6.45) is 23.6. The van der Waals surface area contributed by atoms with Gasteiger partial charge in [0, 0.05) is 5.92 Å². The molecule has 1 rings (SSSR count). The van der Waals surface area contributed by atoms with Crippen molar-refractivity contribution in [1.82, 2.24) is 0 Å². The number of unbranched alkanes of at least 4 members (excludes halogenated alkanes) is 13. The van der Waals surface area contributed by atoms with E-state index in [-0.39, 0.29) is 0 Å². The van der Waals surface area contributed by atoms with E-state index in [1.165, 1.54) is 122 Å². The predicted octanol–water partition coefficient (Wildman–Crippen LogP) is 6.84. The molecule has 6 nitrogen and oxygen atoms in total. The van der Waals surface area contributed by atoms with Crippen molar-refractivity contribution in [3.05, 3.63) is 4.13 Å². The molecule has 1 heterocycles. The van der Waals surface area contributed by atoms with Gasteiger partial charge in [-0.15, -0.1) is 0 Å². The summed E-state index contributed by atoms with van der Waals surface area (Å²) in [5, 5.41) is 0. The molecule has 38 heavy (non-hydrogen) atoms. The third-order valence-electron chi connectivity index (χ3n) is 6.53. The first-order valence-corrected chi connectivity index (χ1v) is 16.6. The molecule has 1 aliphatic heterocycles. The summed E-state index contributed by atoms with van der Waals surface area (Å²) in [7, 11) is -13.4. The molecule has 0 spiro atoms. The van der Waals surface area contributed by atoms with Crippen molar-refractivity contribution in [2.24, 2.45) is 5.92 Å². The van der Waals surface area contributed by atoms with Gasteiger partial charge in [0.2, 0.25) is 0 Å². The molecule has 0 amide bonds. The van der Waals surface area contributed by atoms with Gasteiger partial charge in [0.15, 0.2) is 20.0 Å². The fraction of sp³-hybridized carbons (Fsp3) is 1.00. The average Bonchev–Trinajstić information content (AvgIpc) is 2.77. The zero-order valence-electron chi connectivity index (χ0n) is 22.7. The third kappa shape index (κ3) is 17.2. The first-order valence-electron chi connectivity index (χ1n) is 13.7. The summed E-state index contributed by atoms with van der Waals surface area (Å²) in [4.78, 5) is 1.89. The van der Waals surface area contributed by atoms with Crippen LogP contribution in [0.2, 0.25) is 0 Å². The van der Waals surface area contributed by atoms with Gasteiger partial charge in [-0.2, -0.15) is 26.3 Å². The van der Waals surface area contributed by atoms with Crippen LogP contribution in [-0.4, -0.2) is 47.5 Å². The van der Waals surface area contributed by atoms with Crippen molar-refractivity contribution in [2.75, 3.05) is 19.6 Å². The minimum absolute atomic E-state index is 0.778. The Kier molecular flexibility index (Phi) is 18.4. The minimum Gasteiger partial charge on any atom is -0.421 e. The molecule has 1 aliphatic rings. The van der Waals surface area contributed by atoms with Gasteiger partial charge in [-0.3, -0.25) is 0 Å². The lowest BCUT2D eigenvalue weighted by Gasteiger charge is -2.27. The van der Waals surface area contributed by atoms with Crippen LogP contribution in [0, 0.1) is 5.92 Å². The maximum absolute atomic E-state index is 11.4. The summed E-state index contributed by atoms with van der Waals surface area (Å²) >= 11 is 0. The molecule has 0 aromatic rings. The number of rotatable bonds is 17. The summed E-state index contributed by atoms with van der Waals surface area (Å²) in [6, 6.07) is 0. The van der Waals surface area contributed by atoms with Crippen molar-refractivity contribution in [2.45, 2.75) is 128 Å². The maximum atomic E-state index is 11.4. The van der Waals surface area contributed by atoms with Crippen LogP contribution in [-0.2, 0) is 20.0 Å². The molecule has 0 bridgehead atoms. The molecule has 0 radical (unpaired) electrons. The van der Waals surface area contributed by atoms with Gasteiger partial charge in [-0.05, 0) is 25.7 Å². The van der Waals surface area contributed by atoms with E-state index in [0.717, 1.165) is 10.0 Å². The number of hydrogen-bond donors (Lipinski definition) is 1. The smallest absolute Gasteiger partial charge is 0.421 e. The zero-order chi connectivity index (χ0) is 29.3.